The molecule has 1 fully saturated rings. The molecule has 190 valence electrons. The van der Waals surface area contributed by atoms with Gasteiger partial charge in [0.2, 0.25) is 5.91 Å². The van der Waals surface area contributed by atoms with Crippen LogP contribution in [0, 0.1) is 0 Å². The molecule has 0 aliphatic carbocycles. The molecular formula is C25H26Cl3N5O2S. The Morgan fingerprint density at radius 2 is 1.72 bits per heavy atom. The van der Waals surface area contributed by atoms with E-state index in [4.69, 9.17) is 39.5 Å². The van der Waals surface area contributed by atoms with Crippen LogP contribution in [0.2, 0.25) is 15.2 Å². The smallest absolute Gasteiger partial charge is 0.230 e. The van der Waals surface area contributed by atoms with Crippen molar-refractivity contribution in [2.24, 2.45) is 0 Å². The maximum atomic E-state index is 12.3. The fourth-order valence-electron chi connectivity index (χ4n) is 3.84. The number of thioether (sulfide) groups is 1. The molecule has 36 heavy (non-hydrogen) atoms. The Hall–Kier alpha value is -2.39. The van der Waals surface area contributed by atoms with Gasteiger partial charge in [-0.2, -0.15) is 0 Å². The molecule has 1 N–H and O–H groups in total. The van der Waals surface area contributed by atoms with Crippen molar-refractivity contribution in [3.63, 3.8) is 0 Å². The highest BCUT2D eigenvalue weighted by molar-refractivity contribution is 7.99. The second kappa shape index (κ2) is 12.7. The van der Waals surface area contributed by atoms with Crippen molar-refractivity contribution < 1.29 is 9.53 Å². The summed E-state index contributed by atoms with van der Waals surface area (Å²) in [6.07, 6.45) is 0.618. The molecule has 0 spiro atoms. The summed E-state index contributed by atoms with van der Waals surface area (Å²) in [6, 6.07) is 15.2. The van der Waals surface area contributed by atoms with E-state index in [0.29, 0.717) is 33.3 Å². The first-order valence-electron chi connectivity index (χ1n) is 11.4. The molecule has 7 nitrogen and oxygen atoms in total. The molecule has 1 aromatic heterocycles. The molecule has 1 aliphatic rings. The zero-order valence-corrected chi connectivity index (χ0v) is 22.8. The van der Waals surface area contributed by atoms with Crippen molar-refractivity contribution in [1.29, 1.82) is 0 Å². The first kappa shape index (κ1) is 26.7. The molecule has 0 unspecified atom stereocenters. The summed E-state index contributed by atoms with van der Waals surface area (Å²) in [5, 5.41) is 4.92. The van der Waals surface area contributed by atoms with E-state index >= 15 is 0 Å². The molecule has 2 heterocycles. The van der Waals surface area contributed by atoms with Crippen LogP contribution >= 0.6 is 46.6 Å². The van der Waals surface area contributed by atoms with Crippen molar-refractivity contribution in [2.75, 3.05) is 55.4 Å². The second-order valence-electron chi connectivity index (χ2n) is 8.13. The number of rotatable bonds is 9. The van der Waals surface area contributed by atoms with Gasteiger partial charge in [0, 0.05) is 54.5 Å². The van der Waals surface area contributed by atoms with E-state index < -0.39 is 0 Å². The second-order valence-corrected chi connectivity index (χ2v) is 10.3. The highest BCUT2D eigenvalue weighted by Gasteiger charge is 2.20. The van der Waals surface area contributed by atoms with E-state index in [-0.39, 0.29) is 11.7 Å². The van der Waals surface area contributed by atoms with E-state index in [1.54, 1.807) is 25.3 Å². The summed E-state index contributed by atoms with van der Waals surface area (Å²) in [5.74, 6) is 1.70. The van der Waals surface area contributed by atoms with Crippen molar-refractivity contribution in [1.82, 2.24) is 15.3 Å². The van der Waals surface area contributed by atoms with Crippen LogP contribution in [0.5, 0.6) is 5.75 Å². The summed E-state index contributed by atoms with van der Waals surface area (Å²) in [7, 11) is 1.67. The maximum Gasteiger partial charge on any atom is 0.230 e. The maximum absolute atomic E-state index is 12.3. The number of aromatic nitrogens is 2. The van der Waals surface area contributed by atoms with E-state index in [2.05, 4.69) is 37.2 Å². The van der Waals surface area contributed by atoms with Gasteiger partial charge in [-0.1, -0.05) is 52.6 Å². The highest BCUT2D eigenvalue weighted by Crippen LogP contribution is 2.25. The summed E-state index contributed by atoms with van der Waals surface area (Å²) in [5.41, 5.74) is 2.10. The fraction of sp³-hybridized carbons (Fsp3) is 0.320. The molecule has 2 aromatic carbocycles. The van der Waals surface area contributed by atoms with Gasteiger partial charge >= 0.3 is 0 Å². The molecule has 1 aliphatic heterocycles. The Morgan fingerprint density at radius 3 is 2.42 bits per heavy atom. The van der Waals surface area contributed by atoms with Crippen LogP contribution in [0.3, 0.4) is 0 Å². The number of hydrogen-bond donors (Lipinski definition) is 1. The lowest BCUT2D eigenvalue weighted by molar-refractivity contribution is -0.118. The van der Waals surface area contributed by atoms with Crippen molar-refractivity contribution in [2.45, 2.75) is 11.6 Å². The normalized spacial score (nSPS) is 13.6. The van der Waals surface area contributed by atoms with Gasteiger partial charge in [-0.3, -0.25) is 4.79 Å². The molecule has 0 radical (unpaired) electrons. The van der Waals surface area contributed by atoms with Crippen LogP contribution in [0.25, 0.3) is 0 Å². The number of methoxy groups -OCH3 is 1. The Labute approximate surface area is 230 Å². The summed E-state index contributed by atoms with van der Waals surface area (Å²) in [4.78, 5) is 25.8. The number of amides is 1. The molecule has 0 saturated carbocycles. The third-order valence-electron chi connectivity index (χ3n) is 5.77. The average Bonchev–Trinajstić information content (AvgIpc) is 2.88. The Balaban J connectivity index is 1.26. The standard InChI is InChI=1S/C25H26Cl3N5O2S/c1-35-20-6-4-19(5-7-20)32-10-12-33(13-11-32)23-15-22(28)30-25(31-23)36-16-24(34)29-9-8-17-2-3-18(26)14-21(17)27/h2-7,14-15H,8-13,16H2,1H3,(H,29,34). The summed E-state index contributed by atoms with van der Waals surface area (Å²) < 4.78 is 5.24. The fourth-order valence-corrected chi connectivity index (χ4v) is 5.25. The first-order chi connectivity index (χ1) is 17.4. The van der Waals surface area contributed by atoms with E-state index in [9.17, 15) is 4.79 Å². The van der Waals surface area contributed by atoms with Crippen molar-refractivity contribution >= 4 is 64.0 Å². The summed E-state index contributed by atoms with van der Waals surface area (Å²) >= 11 is 19.7. The van der Waals surface area contributed by atoms with Gasteiger partial charge in [-0.05, 0) is 48.4 Å². The van der Waals surface area contributed by atoms with Gasteiger partial charge in [0.1, 0.15) is 16.7 Å². The number of halogens is 3. The number of carbonyl (C=O) groups excluding carboxylic acids is 1. The largest absolute Gasteiger partial charge is 0.497 e. The number of benzene rings is 2. The number of anilines is 2. The molecule has 0 atom stereocenters. The third-order valence-corrected chi connectivity index (χ3v) is 7.39. The van der Waals surface area contributed by atoms with Crippen LogP contribution in [-0.4, -0.2) is 61.5 Å². The molecule has 11 heteroatoms. The average molecular weight is 567 g/mol. The molecule has 1 amide bonds. The van der Waals surface area contributed by atoms with Crippen LogP contribution in [0.4, 0.5) is 11.5 Å². The number of hydrogen-bond acceptors (Lipinski definition) is 7. The number of nitrogens with one attached hydrogen (secondary N) is 1. The van der Waals surface area contributed by atoms with E-state index in [1.807, 2.05) is 18.2 Å². The SMILES string of the molecule is COc1ccc(N2CCN(c3cc(Cl)nc(SCC(=O)NCCc4ccc(Cl)cc4Cl)n3)CC2)cc1. The zero-order chi connectivity index (χ0) is 25.5. The predicted molar refractivity (Wildman–Crippen MR) is 148 cm³/mol. The lowest BCUT2D eigenvalue weighted by Gasteiger charge is -2.36. The minimum atomic E-state index is -0.108. The minimum absolute atomic E-state index is 0.108. The molecule has 1 saturated heterocycles. The molecule has 3 aromatic rings. The monoisotopic (exact) mass is 565 g/mol. The number of piperazine rings is 1. The third kappa shape index (κ3) is 7.32. The Bertz CT molecular complexity index is 1190. The number of ether oxygens (including phenoxy) is 1. The lowest BCUT2D eigenvalue weighted by Crippen LogP contribution is -2.46. The van der Waals surface area contributed by atoms with Gasteiger partial charge in [0.15, 0.2) is 5.16 Å². The molecule has 4 rings (SSSR count). The lowest BCUT2D eigenvalue weighted by atomic mass is 10.1. The molecule has 0 bridgehead atoms. The van der Waals surface area contributed by atoms with Crippen molar-refractivity contribution in [3.05, 3.63) is 69.3 Å². The highest BCUT2D eigenvalue weighted by atomic mass is 35.5. The van der Waals surface area contributed by atoms with Crippen molar-refractivity contribution in [3.8, 4) is 5.75 Å². The minimum Gasteiger partial charge on any atom is -0.497 e. The zero-order valence-electron chi connectivity index (χ0n) is 19.7. The van der Waals surface area contributed by atoms with Gasteiger partial charge < -0.3 is 19.9 Å². The quantitative estimate of drug-likeness (QED) is 0.216. The predicted octanol–water partition coefficient (Wildman–Crippen LogP) is 5.22. The van der Waals surface area contributed by atoms with Crippen LogP contribution < -0.4 is 19.9 Å². The molecular weight excluding hydrogens is 541 g/mol. The van der Waals surface area contributed by atoms with Gasteiger partial charge in [0.25, 0.3) is 0 Å². The Morgan fingerprint density at radius 1 is 1.00 bits per heavy atom. The van der Waals surface area contributed by atoms with Crippen LogP contribution in [0.15, 0.2) is 53.7 Å². The summed E-state index contributed by atoms with van der Waals surface area (Å²) in [6.45, 7) is 3.79. The number of nitrogens with zero attached hydrogens (tertiary/aromatic N) is 4. The van der Waals surface area contributed by atoms with E-state index in [1.165, 1.54) is 11.8 Å². The topological polar surface area (TPSA) is 70.6 Å². The number of carbonyl (C=O) groups is 1. The van der Waals surface area contributed by atoms with Crippen LogP contribution in [0.1, 0.15) is 5.56 Å². The van der Waals surface area contributed by atoms with Crippen LogP contribution in [-0.2, 0) is 11.2 Å². The van der Waals surface area contributed by atoms with Gasteiger partial charge in [0.05, 0.1) is 12.9 Å². The van der Waals surface area contributed by atoms with E-state index in [0.717, 1.165) is 49.0 Å². The first-order valence-corrected chi connectivity index (χ1v) is 13.5. The Kier molecular flexibility index (Phi) is 9.42. The van der Waals surface area contributed by atoms with Gasteiger partial charge in [-0.15, -0.1) is 0 Å². The van der Waals surface area contributed by atoms with Gasteiger partial charge in [-0.25, -0.2) is 9.97 Å².